The summed E-state index contributed by atoms with van der Waals surface area (Å²) < 4.78 is 5.18. The van der Waals surface area contributed by atoms with Gasteiger partial charge in [0.25, 0.3) is 0 Å². The number of ether oxygens (including phenoxy) is 1. The molecule has 0 unspecified atom stereocenters. The number of nitrogens with two attached hydrogens (primary N) is 1. The number of anilines is 1. The summed E-state index contributed by atoms with van der Waals surface area (Å²) in [6.45, 7) is 0. The highest BCUT2D eigenvalue weighted by atomic mass is 35.5. The molecule has 18 heavy (non-hydrogen) atoms. The Bertz CT molecular complexity index is 575. The van der Waals surface area contributed by atoms with Crippen LogP contribution < -0.4 is 10.5 Å². The number of halogens is 2. The fourth-order valence-corrected chi connectivity index (χ4v) is 2.74. The maximum atomic E-state index is 6.00. The lowest BCUT2D eigenvalue weighted by atomic mass is 10.3. The van der Waals surface area contributed by atoms with Crippen LogP contribution in [-0.4, -0.2) is 7.11 Å². The molecule has 0 fully saturated rings. The third kappa shape index (κ3) is 2.86. The van der Waals surface area contributed by atoms with Gasteiger partial charge < -0.3 is 10.5 Å². The fraction of sp³-hybridized carbons (Fsp3) is 0.0769. The first-order valence-electron chi connectivity index (χ1n) is 5.17. The zero-order chi connectivity index (χ0) is 13.1. The molecule has 2 nitrogen and oxygen atoms in total. The van der Waals surface area contributed by atoms with Gasteiger partial charge in [0.05, 0.1) is 22.8 Å². The Labute approximate surface area is 120 Å². The van der Waals surface area contributed by atoms with Gasteiger partial charge in [-0.25, -0.2) is 0 Å². The molecule has 2 aromatic rings. The van der Waals surface area contributed by atoms with Crippen molar-refractivity contribution >= 4 is 40.7 Å². The van der Waals surface area contributed by atoms with Crippen molar-refractivity contribution in [3.63, 3.8) is 0 Å². The second-order valence-electron chi connectivity index (χ2n) is 3.55. The second kappa shape index (κ2) is 5.74. The van der Waals surface area contributed by atoms with E-state index >= 15 is 0 Å². The lowest BCUT2D eigenvalue weighted by Gasteiger charge is -2.09. The molecular formula is C13H11Cl2NOS. The molecule has 0 aliphatic rings. The van der Waals surface area contributed by atoms with Crippen molar-refractivity contribution in [1.82, 2.24) is 0 Å². The number of benzene rings is 2. The molecule has 0 radical (unpaired) electrons. The Kier molecular flexibility index (Phi) is 4.27. The highest BCUT2D eigenvalue weighted by Crippen LogP contribution is 2.38. The first-order chi connectivity index (χ1) is 8.61. The average Bonchev–Trinajstić information content (AvgIpc) is 2.36. The van der Waals surface area contributed by atoms with Crippen LogP contribution in [0.4, 0.5) is 5.69 Å². The first kappa shape index (κ1) is 13.4. The van der Waals surface area contributed by atoms with E-state index in [1.165, 1.54) is 11.8 Å². The molecule has 94 valence electrons. The average molecular weight is 300 g/mol. The Morgan fingerprint density at radius 1 is 1.11 bits per heavy atom. The SMILES string of the molecule is COc1cccc(Sc2ccc(Cl)c(Cl)c2)c1N. The normalized spacial score (nSPS) is 10.4. The van der Waals surface area contributed by atoms with Gasteiger partial charge in [-0.1, -0.05) is 41.0 Å². The minimum atomic E-state index is 0.531. The van der Waals surface area contributed by atoms with Crippen molar-refractivity contribution in [3.8, 4) is 5.75 Å². The summed E-state index contributed by atoms with van der Waals surface area (Å²) in [4.78, 5) is 1.90. The van der Waals surface area contributed by atoms with Crippen molar-refractivity contribution in [1.29, 1.82) is 0 Å². The van der Waals surface area contributed by atoms with E-state index in [1.807, 2.05) is 30.3 Å². The molecule has 0 bridgehead atoms. The van der Waals surface area contributed by atoms with Gasteiger partial charge in [-0.3, -0.25) is 0 Å². The molecule has 2 aromatic carbocycles. The molecule has 0 aliphatic heterocycles. The van der Waals surface area contributed by atoms with E-state index in [0.717, 1.165) is 9.79 Å². The lowest BCUT2D eigenvalue weighted by Crippen LogP contribution is -1.93. The van der Waals surface area contributed by atoms with Crippen molar-refractivity contribution in [3.05, 3.63) is 46.4 Å². The molecule has 0 saturated carbocycles. The van der Waals surface area contributed by atoms with Crippen LogP contribution in [0, 0.1) is 0 Å². The topological polar surface area (TPSA) is 35.2 Å². The smallest absolute Gasteiger partial charge is 0.142 e. The van der Waals surface area contributed by atoms with Crippen LogP contribution in [0.5, 0.6) is 5.75 Å². The summed E-state index contributed by atoms with van der Waals surface area (Å²) in [6.07, 6.45) is 0. The molecular weight excluding hydrogens is 289 g/mol. The number of para-hydroxylation sites is 1. The van der Waals surface area contributed by atoms with Gasteiger partial charge in [0.15, 0.2) is 0 Å². The Morgan fingerprint density at radius 2 is 1.89 bits per heavy atom. The van der Waals surface area contributed by atoms with E-state index in [-0.39, 0.29) is 0 Å². The summed E-state index contributed by atoms with van der Waals surface area (Å²) in [6, 6.07) is 11.1. The third-order valence-corrected chi connectivity index (χ3v) is 4.17. The molecule has 0 heterocycles. The van der Waals surface area contributed by atoms with Crippen LogP contribution in [0.1, 0.15) is 0 Å². The van der Waals surface area contributed by atoms with Crippen LogP contribution in [-0.2, 0) is 0 Å². The molecule has 0 aromatic heterocycles. The van der Waals surface area contributed by atoms with Gasteiger partial charge in [0.1, 0.15) is 5.75 Å². The lowest BCUT2D eigenvalue weighted by molar-refractivity contribution is 0.416. The highest BCUT2D eigenvalue weighted by molar-refractivity contribution is 7.99. The Hall–Kier alpha value is -1.03. The fourth-order valence-electron chi connectivity index (χ4n) is 1.46. The summed E-state index contributed by atoms with van der Waals surface area (Å²) in [5.41, 5.74) is 6.63. The standard InChI is InChI=1S/C13H11Cl2NOS/c1-17-11-3-2-4-12(13(11)16)18-8-5-6-9(14)10(15)7-8/h2-7H,16H2,1H3. The molecule has 2 rings (SSSR count). The molecule has 0 spiro atoms. The van der Waals surface area contributed by atoms with Gasteiger partial charge in [0, 0.05) is 9.79 Å². The minimum absolute atomic E-state index is 0.531. The van der Waals surface area contributed by atoms with Crippen molar-refractivity contribution in [2.75, 3.05) is 12.8 Å². The zero-order valence-corrected chi connectivity index (χ0v) is 11.9. The van der Waals surface area contributed by atoms with E-state index in [4.69, 9.17) is 33.7 Å². The highest BCUT2D eigenvalue weighted by Gasteiger charge is 2.07. The number of rotatable bonds is 3. The van der Waals surface area contributed by atoms with Crippen molar-refractivity contribution in [2.24, 2.45) is 0 Å². The largest absolute Gasteiger partial charge is 0.495 e. The van der Waals surface area contributed by atoms with Gasteiger partial charge in [-0.05, 0) is 30.3 Å². The summed E-state index contributed by atoms with van der Waals surface area (Å²) in [5, 5.41) is 1.07. The predicted molar refractivity (Wildman–Crippen MR) is 78.0 cm³/mol. The molecule has 0 saturated heterocycles. The van der Waals surface area contributed by atoms with Crippen LogP contribution in [0.15, 0.2) is 46.2 Å². The Balaban J connectivity index is 2.31. The quantitative estimate of drug-likeness (QED) is 0.832. The third-order valence-electron chi connectivity index (χ3n) is 2.36. The molecule has 0 atom stereocenters. The first-order valence-corrected chi connectivity index (χ1v) is 6.74. The minimum Gasteiger partial charge on any atom is -0.495 e. The summed E-state index contributed by atoms with van der Waals surface area (Å²) in [7, 11) is 1.60. The predicted octanol–water partition coefficient (Wildman–Crippen LogP) is 4.74. The van der Waals surface area contributed by atoms with Gasteiger partial charge in [0.2, 0.25) is 0 Å². The van der Waals surface area contributed by atoms with E-state index in [0.29, 0.717) is 21.5 Å². The van der Waals surface area contributed by atoms with E-state index in [9.17, 15) is 0 Å². The number of methoxy groups -OCH3 is 1. The second-order valence-corrected chi connectivity index (χ2v) is 5.48. The summed E-state index contributed by atoms with van der Waals surface area (Å²) in [5.74, 6) is 0.667. The van der Waals surface area contributed by atoms with Crippen LogP contribution in [0.25, 0.3) is 0 Å². The molecule has 5 heteroatoms. The van der Waals surface area contributed by atoms with Gasteiger partial charge in [-0.15, -0.1) is 0 Å². The molecule has 0 aliphatic carbocycles. The number of hydrogen-bond acceptors (Lipinski definition) is 3. The zero-order valence-electron chi connectivity index (χ0n) is 9.61. The maximum Gasteiger partial charge on any atom is 0.142 e. The Morgan fingerprint density at radius 3 is 2.56 bits per heavy atom. The van der Waals surface area contributed by atoms with Crippen LogP contribution >= 0.6 is 35.0 Å². The molecule has 0 amide bonds. The van der Waals surface area contributed by atoms with E-state index < -0.39 is 0 Å². The van der Waals surface area contributed by atoms with Crippen LogP contribution in [0.2, 0.25) is 10.0 Å². The van der Waals surface area contributed by atoms with E-state index in [2.05, 4.69) is 0 Å². The van der Waals surface area contributed by atoms with Crippen molar-refractivity contribution < 1.29 is 4.74 Å². The maximum absolute atomic E-state index is 6.00. The monoisotopic (exact) mass is 299 g/mol. The van der Waals surface area contributed by atoms with E-state index in [1.54, 1.807) is 13.2 Å². The number of nitrogen functional groups attached to an aromatic ring is 1. The van der Waals surface area contributed by atoms with Crippen molar-refractivity contribution in [2.45, 2.75) is 9.79 Å². The van der Waals surface area contributed by atoms with Gasteiger partial charge >= 0.3 is 0 Å². The van der Waals surface area contributed by atoms with Gasteiger partial charge in [-0.2, -0.15) is 0 Å². The summed E-state index contributed by atoms with van der Waals surface area (Å²) >= 11 is 13.4. The molecule has 2 N–H and O–H groups in total. The number of hydrogen-bond donors (Lipinski definition) is 1. The van der Waals surface area contributed by atoms with Crippen LogP contribution in [0.3, 0.4) is 0 Å².